The van der Waals surface area contributed by atoms with Crippen LogP contribution in [0.5, 0.6) is 0 Å². The second kappa shape index (κ2) is 8.15. The molecule has 8 nitrogen and oxygen atoms in total. The molecule has 5 rings (SSSR count). The molecule has 11 heteroatoms. The lowest BCUT2D eigenvalue weighted by atomic mass is 9.89. The molecule has 0 N–H and O–H groups in total. The van der Waals surface area contributed by atoms with Crippen LogP contribution in [0.4, 0.5) is 8.78 Å². The number of carbonyl (C=O) groups excluding carboxylic acids is 2. The molecule has 3 unspecified atom stereocenters. The Morgan fingerprint density at radius 1 is 1.32 bits per heavy atom. The molecular weight excluding hydrogens is 514 g/mol. The molecule has 34 heavy (non-hydrogen) atoms. The molecular formula is C23H19BrF2N4O4. The van der Waals surface area contributed by atoms with Crippen molar-refractivity contribution in [2.45, 2.75) is 37.6 Å². The third kappa shape index (κ3) is 3.54. The smallest absolute Gasteiger partial charge is 0.271 e. The average Bonchev–Trinajstić information content (AvgIpc) is 3.24. The summed E-state index contributed by atoms with van der Waals surface area (Å²) in [6.45, 7) is 1.94. The van der Waals surface area contributed by atoms with E-state index in [0.717, 1.165) is 22.1 Å². The molecule has 0 aliphatic carbocycles. The number of aromatic nitrogens is 1. The van der Waals surface area contributed by atoms with Crippen LogP contribution in [0, 0.1) is 11.6 Å². The average molecular weight is 533 g/mol. The standard InChI is InChI=1S/C23H19BrF2N4O4/c1-13-4-5-23(6-7-27-34-23)20-12-28(13)22(33)18-9-19(31)16(11-29(18)20)21(32)30(24)10-14-2-3-15(25)8-17(14)26/h2-5,7-9,11,13,20H,6,10,12H2,1H3. The predicted molar refractivity (Wildman–Crippen MR) is 121 cm³/mol. The van der Waals surface area contributed by atoms with E-state index in [9.17, 15) is 23.2 Å². The predicted octanol–water partition coefficient (Wildman–Crippen LogP) is 3.18. The fraction of sp³-hybridized carbons (Fsp3) is 0.304. The van der Waals surface area contributed by atoms with E-state index in [4.69, 9.17) is 4.84 Å². The zero-order chi connectivity index (χ0) is 24.2. The second-order valence-corrected chi connectivity index (χ2v) is 9.37. The van der Waals surface area contributed by atoms with Crippen LogP contribution >= 0.6 is 16.1 Å². The van der Waals surface area contributed by atoms with Crippen LogP contribution in [-0.4, -0.2) is 49.6 Å². The topological polar surface area (TPSA) is 84.2 Å². The minimum Gasteiger partial charge on any atom is -0.383 e. The van der Waals surface area contributed by atoms with E-state index in [1.54, 1.807) is 15.7 Å². The SMILES string of the molecule is CC1C=CC2(CC=NO2)C2CN1C(=O)c1cc(=O)c(C(=O)N(Br)Cc3ccc(F)cc3F)cn12. The quantitative estimate of drug-likeness (QED) is 0.449. The van der Waals surface area contributed by atoms with Gasteiger partial charge in [-0.3, -0.25) is 18.3 Å². The van der Waals surface area contributed by atoms with Gasteiger partial charge in [0.25, 0.3) is 11.8 Å². The molecule has 3 atom stereocenters. The highest BCUT2D eigenvalue weighted by Crippen LogP contribution is 2.41. The van der Waals surface area contributed by atoms with Gasteiger partial charge in [0.1, 0.15) is 22.9 Å². The van der Waals surface area contributed by atoms with Gasteiger partial charge < -0.3 is 14.3 Å². The van der Waals surface area contributed by atoms with E-state index in [-0.39, 0.29) is 35.3 Å². The van der Waals surface area contributed by atoms with Crippen molar-refractivity contribution in [3.63, 3.8) is 0 Å². The van der Waals surface area contributed by atoms with Gasteiger partial charge in [-0.15, -0.1) is 0 Å². The van der Waals surface area contributed by atoms with E-state index in [2.05, 4.69) is 21.3 Å². The number of fused-ring (bicyclic) bond motifs is 5. The van der Waals surface area contributed by atoms with Crippen molar-refractivity contribution in [3.05, 3.63) is 81.3 Å². The maximum absolute atomic E-state index is 14.1. The maximum Gasteiger partial charge on any atom is 0.271 e. The fourth-order valence-electron chi connectivity index (χ4n) is 4.55. The minimum absolute atomic E-state index is 0.0638. The van der Waals surface area contributed by atoms with E-state index in [1.165, 1.54) is 12.3 Å². The molecule has 0 radical (unpaired) electrons. The van der Waals surface area contributed by atoms with Gasteiger partial charge in [0.15, 0.2) is 11.0 Å². The molecule has 0 saturated heterocycles. The maximum atomic E-state index is 14.1. The van der Waals surface area contributed by atoms with Gasteiger partial charge in [0.2, 0.25) is 0 Å². The van der Waals surface area contributed by atoms with Gasteiger partial charge in [-0.25, -0.2) is 8.78 Å². The molecule has 0 fully saturated rings. The number of benzene rings is 1. The summed E-state index contributed by atoms with van der Waals surface area (Å²) in [5, 5.41) is 3.93. The lowest BCUT2D eigenvalue weighted by Gasteiger charge is -2.41. The third-order valence-corrected chi connectivity index (χ3v) is 7.03. The second-order valence-electron chi connectivity index (χ2n) is 8.52. The van der Waals surface area contributed by atoms with Gasteiger partial charge in [-0.2, -0.15) is 0 Å². The van der Waals surface area contributed by atoms with Crippen LogP contribution in [0.1, 0.15) is 45.8 Å². The monoisotopic (exact) mass is 532 g/mol. The van der Waals surface area contributed by atoms with E-state index in [1.807, 2.05) is 19.1 Å². The minimum atomic E-state index is -0.862. The summed E-state index contributed by atoms with van der Waals surface area (Å²) in [5.74, 6) is -2.61. The number of rotatable bonds is 3. The van der Waals surface area contributed by atoms with Crippen molar-refractivity contribution >= 4 is 34.2 Å². The number of nitrogens with zero attached hydrogens (tertiary/aromatic N) is 4. The first-order valence-corrected chi connectivity index (χ1v) is 11.3. The van der Waals surface area contributed by atoms with E-state index < -0.39 is 34.6 Å². The number of pyridine rings is 1. The highest BCUT2D eigenvalue weighted by atomic mass is 79.9. The Hall–Kier alpha value is -3.34. The normalized spacial score (nSPS) is 24.7. The van der Waals surface area contributed by atoms with Crippen molar-refractivity contribution in [1.82, 2.24) is 13.4 Å². The zero-order valence-corrected chi connectivity index (χ0v) is 19.5. The van der Waals surface area contributed by atoms with Gasteiger partial charge in [0.05, 0.1) is 28.7 Å². The highest BCUT2D eigenvalue weighted by Gasteiger charge is 2.49. The summed E-state index contributed by atoms with van der Waals surface area (Å²) >= 11 is 3.09. The summed E-state index contributed by atoms with van der Waals surface area (Å²) < 4.78 is 29.9. The van der Waals surface area contributed by atoms with Crippen LogP contribution in [0.25, 0.3) is 0 Å². The number of oxime groups is 1. The van der Waals surface area contributed by atoms with Crippen LogP contribution in [0.2, 0.25) is 0 Å². The Labute approximate surface area is 201 Å². The molecule has 3 aliphatic heterocycles. The molecule has 3 aliphatic rings. The van der Waals surface area contributed by atoms with Crippen LogP contribution < -0.4 is 5.43 Å². The van der Waals surface area contributed by atoms with Gasteiger partial charge in [0, 0.05) is 49.1 Å². The molecule has 1 spiro atoms. The highest BCUT2D eigenvalue weighted by molar-refractivity contribution is 9.07. The summed E-state index contributed by atoms with van der Waals surface area (Å²) in [7, 11) is 0. The first-order chi connectivity index (χ1) is 16.2. The Balaban J connectivity index is 1.54. The van der Waals surface area contributed by atoms with Crippen molar-refractivity contribution < 1.29 is 23.2 Å². The molecule has 176 valence electrons. The summed E-state index contributed by atoms with van der Waals surface area (Å²) in [5.41, 5.74) is -1.51. The summed E-state index contributed by atoms with van der Waals surface area (Å²) in [6.07, 6.45) is 7.22. The Morgan fingerprint density at radius 2 is 2.12 bits per heavy atom. The Bertz CT molecular complexity index is 1320. The van der Waals surface area contributed by atoms with Crippen LogP contribution in [-0.2, 0) is 11.4 Å². The molecule has 2 aromatic rings. The van der Waals surface area contributed by atoms with Gasteiger partial charge in [-0.05, 0) is 19.1 Å². The number of halogens is 3. The van der Waals surface area contributed by atoms with Crippen LogP contribution in [0.3, 0.4) is 0 Å². The summed E-state index contributed by atoms with van der Waals surface area (Å²) in [4.78, 5) is 46.6. The number of carbonyl (C=O) groups is 2. The van der Waals surface area contributed by atoms with Crippen molar-refractivity contribution in [2.24, 2.45) is 5.16 Å². The molecule has 2 amide bonds. The largest absolute Gasteiger partial charge is 0.383 e. The lowest BCUT2D eigenvalue weighted by molar-refractivity contribution is -0.0314. The third-order valence-electron chi connectivity index (χ3n) is 6.46. The zero-order valence-electron chi connectivity index (χ0n) is 18.0. The molecule has 1 aromatic carbocycles. The molecule has 0 saturated carbocycles. The van der Waals surface area contributed by atoms with Gasteiger partial charge in [-0.1, -0.05) is 17.3 Å². The molecule has 2 bridgehead atoms. The lowest BCUT2D eigenvalue weighted by Crippen LogP contribution is -2.52. The first-order valence-electron chi connectivity index (χ1n) is 10.6. The summed E-state index contributed by atoms with van der Waals surface area (Å²) in [6, 6.07) is 3.52. The van der Waals surface area contributed by atoms with E-state index in [0.29, 0.717) is 13.0 Å². The Morgan fingerprint density at radius 3 is 2.82 bits per heavy atom. The van der Waals surface area contributed by atoms with Crippen molar-refractivity contribution in [2.75, 3.05) is 6.54 Å². The van der Waals surface area contributed by atoms with E-state index >= 15 is 0 Å². The van der Waals surface area contributed by atoms with Gasteiger partial charge >= 0.3 is 0 Å². The van der Waals surface area contributed by atoms with Crippen molar-refractivity contribution in [1.29, 1.82) is 0 Å². The number of hydrogen-bond acceptors (Lipinski definition) is 5. The molecule has 4 heterocycles. The van der Waals surface area contributed by atoms with Crippen LogP contribution in [0.15, 0.2) is 52.6 Å². The molecule has 1 aromatic heterocycles. The fourth-order valence-corrected chi connectivity index (χ4v) is 5.01. The number of amides is 2. The van der Waals surface area contributed by atoms with Crippen molar-refractivity contribution in [3.8, 4) is 0 Å². The Kier molecular flexibility index (Phi) is 5.38. The first kappa shape index (κ1) is 22.5. The number of hydrogen-bond donors (Lipinski definition) is 0.